The van der Waals surface area contributed by atoms with E-state index >= 15 is 0 Å². The van der Waals surface area contributed by atoms with Gasteiger partial charge in [0.15, 0.2) is 0 Å². The van der Waals surface area contributed by atoms with Crippen molar-refractivity contribution in [2.45, 2.75) is 39.0 Å². The molecule has 2 N–H and O–H groups in total. The van der Waals surface area contributed by atoms with Crippen LogP contribution in [-0.4, -0.2) is 5.91 Å². The molecule has 0 bridgehead atoms. The van der Waals surface area contributed by atoms with Crippen molar-refractivity contribution in [3.8, 4) is 0 Å². The molecule has 15 heavy (non-hydrogen) atoms. The molecular formula is C13H19NO. The van der Waals surface area contributed by atoms with Crippen LogP contribution in [0, 0.1) is 0 Å². The first kappa shape index (κ1) is 11.8. The van der Waals surface area contributed by atoms with Crippen molar-refractivity contribution in [1.82, 2.24) is 0 Å². The number of hydrogen-bond donors (Lipinski definition) is 1. The number of hydrogen-bond acceptors (Lipinski definition) is 1. The largest absolute Gasteiger partial charge is 0.366 e. The van der Waals surface area contributed by atoms with Gasteiger partial charge in [-0.05, 0) is 30.4 Å². The van der Waals surface area contributed by atoms with E-state index in [2.05, 4.69) is 13.8 Å². The summed E-state index contributed by atoms with van der Waals surface area (Å²) < 4.78 is 0. The lowest BCUT2D eigenvalue weighted by atomic mass is 9.88. The first-order valence-corrected chi connectivity index (χ1v) is 5.59. The average Bonchev–Trinajstić information content (AvgIpc) is 2.26. The molecule has 1 aromatic carbocycles. The van der Waals surface area contributed by atoms with Crippen molar-refractivity contribution in [1.29, 1.82) is 0 Å². The second-order valence-corrected chi connectivity index (χ2v) is 3.85. The average molecular weight is 205 g/mol. The summed E-state index contributed by atoms with van der Waals surface area (Å²) in [7, 11) is 0. The van der Waals surface area contributed by atoms with Crippen molar-refractivity contribution in [2.24, 2.45) is 5.73 Å². The third-order valence-electron chi connectivity index (χ3n) is 2.80. The minimum absolute atomic E-state index is 0.319. The highest BCUT2D eigenvalue weighted by Gasteiger charge is 2.14. The van der Waals surface area contributed by atoms with Gasteiger partial charge in [0, 0.05) is 5.56 Å². The van der Waals surface area contributed by atoms with Gasteiger partial charge in [-0.3, -0.25) is 4.79 Å². The highest BCUT2D eigenvalue weighted by atomic mass is 16.1. The SMILES string of the molecule is CCCC(CC)c1ccccc1C(N)=O. The molecule has 82 valence electrons. The third kappa shape index (κ3) is 2.82. The van der Waals surface area contributed by atoms with E-state index < -0.39 is 0 Å². The summed E-state index contributed by atoms with van der Waals surface area (Å²) in [6.07, 6.45) is 3.30. The lowest BCUT2D eigenvalue weighted by Gasteiger charge is -2.16. The van der Waals surface area contributed by atoms with Gasteiger partial charge >= 0.3 is 0 Å². The Hall–Kier alpha value is -1.31. The van der Waals surface area contributed by atoms with E-state index in [-0.39, 0.29) is 5.91 Å². The van der Waals surface area contributed by atoms with Crippen molar-refractivity contribution in [3.05, 3.63) is 35.4 Å². The molecule has 1 amide bonds. The summed E-state index contributed by atoms with van der Waals surface area (Å²) in [5.41, 5.74) is 7.15. The second kappa shape index (κ2) is 5.54. The maximum atomic E-state index is 11.3. The maximum Gasteiger partial charge on any atom is 0.248 e. The lowest BCUT2D eigenvalue weighted by Crippen LogP contribution is -2.15. The Morgan fingerprint density at radius 2 is 2.00 bits per heavy atom. The molecule has 1 atom stereocenters. The van der Waals surface area contributed by atoms with Crippen LogP contribution in [0.15, 0.2) is 24.3 Å². The molecule has 2 nitrogen and oxygen atoms in total. The quantitative estimate of drug-likeness (QED) is 0.788. The predicted octanol–water partition coefficient (Wildman–Crippen LogP) is 3.08. The fraction of sp³-hybridized carbons (Fsp3) is 0.462. The number of carbonyl (C=O) groups is 1. The number of rotatable bonds is 5. The molecule has 0 heterocycles. The minimum atomic E-state index is -0.319. The van der Waals surface area contributed by atoms with Gasteiger partial charge in [0.2, 0.25) is 5.91 Å². The third-order valence-corrected chi connectivity index (χ3v) is 2.80. The summed E-state index contributed by atoms with van der Waals surface area (Å²) in [6, 6.07) is 7.67. The molecule has 0 fully saturated rings. The van der Waals surface area contributed by atoms with E-state index in [1.54, 1.807) is 0 Å². The Morgan fingerprint density at radius 1 is 1.33 bits per heavy atom. The predicted molar refractivity (Wildman–Crippen MR) is 62.9 cm³/mol. The minimum Gasteiger partial charge on any atom is -0.366 e. The molecule has 1 rings (SSSR count). The van der Waals surface area contributed by atoms with Crippen LogP contribution in [0.4, 0.5) is 0 Å². The van der Waals surface area contributed by atoms with Gasteiger partial charge < -0.3 is 5.73 Å². The van der Waals surface area contributed by atoms with Gasteiger partial charge in [-0.15, -0.1) is 0 Å². The van der Waals surface area contributed by atoms with Crippen LogP contribution < -0.4 is 5.73 Å². The molecule has 0 aromatic heterocycles. The molecule has 0 aliphatic heterocycles. The molecule has 0 radical (unpaired) electrons. The highest BCUT2D eigenvalue weighted by Crippen LogP contribution is 2.27. The van der Waals surface area contributed by atoms with Gasteiger partial charge in [-0.2, -0.15) is 0 Å². The van der Waals surface area contributed by atoms with Crippen LogP contribution in [0.3, 0.4) is 0 Å². The Labute approximate surface area is 91.5 Å². The first-order valence-electron chi connectivity index (χ1n) is 5.59. The van der Waals surface area contributed by atoms with E-state index in [4.69, 9.17) is 5.73 Å². The molecule has 1 aromatic rings. The Kier molecular flexibility index (Phi) is 4.35. The smallest absolute Gasteiger partial charge is 0.248 e. The van der Waals surface area contributed by atoms with Gasteiger partial charge in [0.05, 0.1) is 0 Å². The molecule has 0 aliphatic carbocycles. The maximum absolute atomic E-state index is 11.3. The van der Waals surface area contributed by atoms with Crippen molar-refractivity contribution >= 4 is 5.91 Å². The van der Waals surface area contributed by atoms with Crippen LogP contribution in [-0.2, 0) is 0 Å². The fourth-order valence-electron chi connectivity index (χ4n) is 2.01. The van der Waals surface area contributed by atoms with Crippen molar-refractivity contribution in [2.75, 3.05) is 0 Å². The number of benzene rings is 1. The van der Waals surface area contributed by atoms with E-state index in [0.29, 0.717) is 11.5 Å². The Balaban J connectivity index is 3.04. The lowest BCUT2D eigenvalue weighted by molar-refractivity contribution is 0.0999. The van der Waals surface area contributed by atoms with Crippen LogP contribution in [0.1, 0.15) is 54.9 Å². The van der Waals surface area contributed by atoms with E-state index in [1.807, 2.05) is 24.3 Å². The number of carbonyl (C=O) groups excluding carboxylic acids is 1. The fourth-order valence-corrected chi connectivity index (χ4v) is 2.01. The number of primary amides is 1. The highest BCUT2D eigenvalue weighted by molar-refractivity contribution is 5.94. The number of nitrogens with two attached hydrogens (primary N) is 1. The topological polar surface area (TPSA) is 43.1 Å². The molecule has 0 spiro atoms. The summed E-state index contributed by atoms with van der Waals surface area (Å²) in [5.74, 6) is 0.138. The first-order chi connectivity index (χ1) is 7.20. The van der Waals surface area contributed by atoms with Crippen molar-refractivity contribution < 1.29 is 4.79 Å². The number of amides is 1. The molecule has 0 saturated heterocycles. The van der Waals surface area contributed by atoms with Crippen molar-refractivity contribution in [3.63, 3.8) is 0 Å². The van der Waals surface area contributed by atoms with Gasteiger partial charge in [-0.25, -0.2) is 0 Å². The summed E-state index contributed by atoms with van der Waals surface area (Å²) >= 11 is 0. The zero-order valence-corrected chi connectivity index (χ0v) is 9.49. The normalized spacial score (nSPS) is 12.4. The second-order valence-electron chi connectivity index (χ2n) is 3.85. The summed E-state index contributed by atoms with van der Waals surface area (Å²) in [4.78, 5) is 11.3. The van der Waals surface area contributed by atoms with E-state index in [1.165, 1.54) is 0 Å². The van der Waals surface area contributed by atoms with Crippen LogP contribution >= 0.6 is 0 Å². The van der Waals surface area contributed by atoms with Crippen LogP contribution in [0.5, 0.6) is 0 Å². The molecule has 2 heteroatoms. The molecule has 0 aliphatic rings. The monoisotopic (exact) mass is 205 g/mol. The Morgan fingerprint density at radius 3 is 2.53 bits per heavy atom. The Bertz CT molecular complexity index is 333. The van der Waals surface area contributed by atoms with Crippen LogP contribution in [0.2, 0.25) is 0 Å². The van der Waals surface area contributed by atoms with Gasteiger partial charge in [-0.1, -0.05) is 38.5 Å². The zero-order valence-electron chi connectivity index (χ0n) is 9.49. The van der Waals surface area contributed by atoms with Gasteiger partial charge in [0.25, 0.3) is 0 Å². The summed E-state index contributed by atoms with van der Waals surface area (Å²) in [5, 5.41) is 0. The molecular weight excluding hydrogens is 186 g/mol. The zero-order chi connectivity index (χ0) is 11.3. The summed E-state index contributed by atoms with van der Waals surface area (Å²) in [6.45, 7) is 4.31. The van der Waals surface area contributed by atoms with Crippen LogP contribution in [0.25, 0.3) is 0 Å². The van der Waals surface area contributed by atoms with E-state index in [9.17, 15) is 4.79 Å². The molecule has 1 unspecified atom stereocenters. The van der Waals surface area contributed by atoms with E-state index in [0.717, 1.165) is 24.8 Å². The van der Waals surface area contributed by atoms with Gasteiger partial charge in [0.1, 0.15) is 0 Å². The standard InChI is InChI=1S/C13H19NO/c1-3-7-10(4-2)11-8-5-6-9-12(11)13(14)15/h5-6,8-10H,3-4,7H2,1-2H3,(H2,14,15). The molecule has 0 saturated carbocycles.